The van der Waals surface area contributed by atoms with Gasteiger partial charge in [0.05, 0.1) is 11.9 Å². The Morgan fingerprint density at radius 1 is 1.44 bits per heavy atom. The summed E-state index contributed by atoms with van der Waals surface area (Å²) in [7, 11) is -1.89. The summed E-state index contributed by atoms with van der Waals surface area (Å²) in [5.41, 5.74) is 6.00. The van der Waals surface area contributed by atoms with E-state index in [4.69, 9.17) is 5.73 Å². The monoisotopic (exact) mass is 273 g/mol. The molecule has 8 heteroatoms. The first kappa shape index (κ1) is 13.2. The highest BCUT2D eigenvalue weighted by molar-refractivity contribution is 7.90. The van der Waals surface area contributed by atoms with Crippen LogP contribution >= 0.6 is 0 Å². The summed E-state index contributed by atoms with van der Waals surface area (Å²) in [6.07, 6.45) is 3.21. The Morgan fingerprint density at radius 2 is 2.06 bits per heavy atom. The Hall–Kier alpha value is -1.28. The largest absolute Gasteiger partial charge is 0.394 e. The summed E-state index contributed by atoms with van der Waals surface area (Å²) >= 11 is 0. The molecule has 1 aromatic rings. The minimum atomic E-state index is -3.53. The molecule has 2 heterocycles. The van der Waals surface area contributed by atoms with Crippen molar-refractivity contribution in [2.45, 2.75) is 19.8 Å². The van der Waals surface area contributed by atoms with Gasteiger partial charge < -0.3 is 5.73 Å². The molecule has 0 aromatic carbocycles. The number of hydrogen-bond acceptors (Lipinski definition) is 4. The number of aromatic nitrogens is 2. The van der Waals surface area contributed by atoms with E-state index in [-0.39, 0.29) is 0 Å². The summed E-state index contributed by atoms with van der Waals surface area (Å²) in [6, 6.07) is 0. The molecule has 1 aliphatic rings. The predicted octanol–water partition coefficient (Wildman–Crippen LogP) is 0.391. The molecule has 0 unspecified atom stereocenters. The van der Waals surface area contributed by atoms with Gasteiger partial charge in [-0.2, -0.15) is 17.8 Å². The van der Waals surface area contributed by atoms with Crippen molar-refractivity contribution in [1.82, 2.24) is 14.1 Å². The van der Waals surface area contributed by atoms with Crippen LogP contribution in [-0.2, 0) is 17.3 Å². The van der Waals surface area contributed by atoms with Crippen molar-refractivity contribution in [2.75, 3.05) is 23.5 Å². The standard InChI is InChI=1S/C10H19N5O2S/c1-8-3-5-15(6-4-8)18(16,17)13-10-9(11)7-12-14(10)2/h7-8,13H,3-6,11H2,1-2H3. The average Bonchev–Trinajstić information content (AvgIpc) is 2.61. The fraction of sp³-hybridized carbons (Fsp3) is 0.700. The van der Waals surface area contributed by atoms with Crippen molar-refractivity contribution in [2.24, 2.45) is 13.0 Å². The Balaban J connectivity index is 2.13. The molecule has 1 saturated heterocycles. The highest BCUT2D eigenvalue weighted by Gasteiger charge is 2.27. The third kappa shape index (κ3) is 2.59. The van der Waals surface area contributed by atoms with Gasteiger partial charge in [-0.15, -0.1) is 0 Å². The minimum Gasteiger partial charge on any atom is -0.394 e. The lowest BCUT2D eigenvalue weighted by atomic mass is 10.0. The molecule has 0 bridgehead atoms. The topological polar surface area (TPSA) is 93.2 Å². The van der Waals surface area contributed by atoms with Gasteiger partial charge in [0.2, 0.25) is 0 Å². The van der Waals surface area contributed by atoms with Gasteiger partial charge in [0, 0.05) is 20.1 Å². The van der Waals surface area contributed by atoms with E-state index in [9.17, 15) is 8.42 Å². The van der Waals surface area contributed by atoms with Crippen LogP contribution in [0.15, 0.2) is 6.20 Å². The lowest BCUT2D eigenvalue weighted by Crippen LogP contribution is -2.41. The number of nitrogens with zero attached hydrogens (tertiary/aromatic N) is 3. The number of hydrogen-bond donors (Lipinski definition) is 2. The first-order valence-electron chi connectivity index (χ1n) is 5.95. The van der Waals surface area contributed by atoms with Gasteiger partial charge in [0.1, 0.15) is 0 Å². The number of rotatable bonds is 3. The average molecular weight is 273 g/mol. The van der Waals surface area contributed by atoms with E-state index in [1.54, 1.807) is 7.05 Å². The van der Waals surface area contributed by atoms with Crippen LogP contribution in [0.5, 0.6) is 0 Å². The summed E-state index contributed by atoms with van der Waals surface area (Å²) in [5, 5.41) is 3.90. The highest BCUT2D eigenvalue weighted by atomic mass is 32.2. The Labute approximate surface area is 107 Å². The third-order valence-corrected chi connectivity index (χ3v) is 4.77. The number of nitrogens with one attached hydrogen (secondary N) is 1. The van der Waals surface area contributed by atoms with Crippen LogP contribution in [-0.4, -0.2) is 35.6 Å². The smallest absolute Gasteiger partial charge is 0.302 e. The summed E-state index contributed by atoms with van der Waals surface area (Å²) in [5.74, 6) is 0.895. The second kappa shape index (κ2) is 4.77. The number of anilines is 2. The second-order valence-corrected chi connectivity index (χ2v) is 6.43. The van der Waals surface area contributed by atoms with Crippen molar-refractivity contribution in [1.29, 1.82) is 0 Å². The van der Waals surface area contributed by atoms with Gasteiger partial charge in [0.25, 0.3) is 0 Å². The molecule has 102 valence electrons. The summed E-state index contributed by atoms with van der Waals surface area (Å²) < 4.78 is 29.7. The molecule has 0 amide bonds. The third-order valence-electron chi connectivity index (χ3n) is 3.28. The zero-order valence-corrected chi connectivity index (χ0v) is 11.4. The van der Waals surface area contributed by atoms with Crippen LogP contribution in [0.2, 0.25) is 0 Å². The van der Waals surface area contributed by atoms with Crippen LogP contribution in [0.3, 0.4) is 0 Å². The molecule has 3 N–H and O–H groups in total. The van der Waals surface area contributed by atoms with E-state index in [0.29, 0.717) is 30.5 Å². The van der Waals surface area contributed by atoms with Gasteiger partial charge >= 0.3 is 10.2 Å². The molecular weight excluding hydrogens is 254 g/mol. The molecule has 2 rings (SSSR count). The maximum absolute atomic E-state index is 12.2. The van der Waals surface area contributed by atoms with Crippen LogP contribution in [0, 0.1) is 5.92 Å². The van der Waals surface area contributed by atoms with Crippen molar-refractivity contribution in [3.63, 3.8) is 0 Å². The van der Waals surface area contributed by atoms with Crippen LogP contribution in [0.4, 0.5) is 11.5 Å². The van der Waals surface area contributed by atoms with Gasteiger partial charge in [-0.05, 0) is 18.8 Å². The van der Waals surface area contributed by atoms with E-state index in [1.807, 2.05) is 0 Å². The van der Waals surface area contributed by atoms with Crippen molar-refractivity contribution in [3.05, 3.63) is 6.20 Å². The predicted molar refractivity (Wildman–Crippen MR) is 70.1 cm³/mol. The molecule has 0 aliphatic carbocycles. The van der Waals surface area contributed by atoms with Crippen molar-refractivity contribution < 1.29 is 8.42 Å². The fourth-order valence-corrected chi connectivity index (χ4v) is 3.31. The van der Waals surface area contributed by atoms with Crippen LogP contribution < -0.4 is 10.5 Å². The van der Waals surface area contributed by atoms with E-state index in [2.05, 4.69) is 16.7 Å². The maximum atomic E-state index is 12.2. The van der Waals surface area contributed by atoms with Crippen LogP contribution in [0.25, 0.3) is 0 Å². The van der Waals surface area contributed by atoms with Crippen LogP contribution in [0.1, 0.15) is 19.8 Å². The zero-order chi connectivity index (χ0) is 13.3. The molecule has 0 radical (unpaired) electrons. The molecule has 18 heavy (non-hydrogen) atoms. The molecule has 0 saturated carbocycles. The highest BCUT2D eigenvalue weighted by Crippen LogP contribution is 2.22. The molecule has 7 nitrogen and oxygen atoms in total. The second-order valence-electron chi connectivity index (χ2n) is 4.76. The minimum absolute atomic E-state index is 0.314. The fourth-order valence-electron chi connectivity index (χ4n) is 1.99. The molecule has 1 aliphatic heterocycles. The number of aryl methyl sites for hydroxylation is 1. The maximum Gasteiger partial charge on any atom is 0.302 e. The number of piperidine rings is 1. The summed E-state index contributed by atoms with van der Waals surface area (Å²) in [6.45, 7) is 3.24. The van der Waals surface area contributed by atoms with Gasteiger partial charge in [-0.1, -0.05) is 6.92 Å². The van der Waals surface area contributed by atoms with Gasteiger partial charge in [0.15, 0.2) is 5.82 Å². The Morgan fingerprint density at radius 3 is 2.56 bits per heavy atom. The molecule has 0 spiro atoms. The van der Waals surface area contributed by atoms with Gasteiger partial charge in [-0.25, -0.2) is 0 Å². The number of nitrogens with two attached hydrogens (primary N) is 1. The summed E-state index contributed by atoms with van der Waals surface area (Å²) in [4.78, 5) is 0. The molecule has 1 aromatic heterocycles. The van der Waals surface area contributed by atoms with E-state index < -0.39 is 10.2 Å². The zero-order valence-electron chi connectivity index (χ0n) is 10.6. The normalized spacial score (nSPS) is 19.0. The van der Waals surface area contributed by atoms with E-state index in [0.717, 1.165) is 12.8 Å². The molecular formula is C10H19N5O2S. The Kier molecular flexibility index (Phi) is 3.49. The Bertz CT molecular complexity index is 497. The molecule has 0 atom stereocenters. The van der Waals surface area contributed by atoms with Crippen molar-refractivity contribution in [3.8, 4) is 0 Å². The quantitative estimate of drug-likeness (QED) is 0.833. The van der Waals surface area contributed by atoms with Crippen molar-refractivity contribution >= 4 is 21.7 Å². The van der Waals surface area contributed by atoms with E-state index >= 15 is 0 Å². The first-order valence-corrected chi connectivity index (χ1v) is 7.39. The SMILES string of the molecule is CC1CCN(S(=O)(=O)Nc2c(N)cnn2C)CC1. The van der Waals surface area contributed by atoms with Gasteiger partial charge in [-0.3, -0.25) is 9.40 Å². The molecule has 1 fully saturated rings. The lowest BCUT2D eigenvalue weighted by Gasteiger charge is -2.29. The first-order chi connectivity index (χ1) is 8.40. The lowest BCUT2D eigenvalue weighted by molar-refractivity contribution is 0.289. The number of nitrogen functional groups attached to an aromatic ring is 1. The van der Waals surface area contributed by atoms with E-state index in [1.165, 1.54) is 15.2 Å².